The van der Waals surface area contributed by atoms with Crippen LogP contribution >= 0.6 is 0 Å². The first kappa shape index (κ1) is 23.0. The second-order valence-corrected chi connectivity index (χ2v) is 9.30. The molecule has 12 heteroatoms. The molecule has 3 amide bonds. The summed E-state index contributed by atoms with van der Waals surface area (Å²) in [5.41, 5.74) is 0.620. The number of Topliss-reactive ketones (excluding diaryl/α,β-unsaturated/α-hetero) is 1. The summed E-state index contributed by atoms with van der Waals surface area (Å²) in [4.78, 5) is 55.9. The number of hydrogen-bond donors (Lipinski definition) is 1. The molecule has 0 saturated carbocycles. The number of rotatable bonds is 6. The van der Waals surface area contributed by atoms with Crippen molar-refractivity contribution in [1.82, 2.24) is 15.1 Å². The molecular weight excluding hydrogens is 443 g/mol. The summed E-state index contributed by atoms with van der Waals surface area (Å²) >= 11 is 0. The zero-order valence-electron chi connectivity index (χ0n) is 17.1. The third-order valence-corrected chi connectivity index (χ3v) is 5.40. The van der Waals surface area contributed by atoms with E-state index in [-0.39, 0.29) is 18.1 Å². The molecule has 1 aromatic carbocycles. The lowest BCUT2D eigenvalue weighted by molar-refractivity contribution is -0.144. The summed E-state index contributed by atoms with van der Waals surface area (Å²) in [7, 11) is -2.32. The van der Waals surface area contributed by atoms with Crippen molar-refractivity contribution in [1.29, 1.82) is 0 Å². The van der Waals surface area contributed by atoms with Crippen molar-refractivity contribution in [2.24, 2.45) is 4.99 Å². The van der Waals surface area contributed by atoms with E-state index in [0.29, 0.717) is 5.56 Å². The minimum Gasteiger partial charge on any atom is -0.350 e. The van der Waals surface area contributed by atoms with Gasteiger partial charge in [0.2, 0.25) is 5.91 Å². The predicted molar refractivity (Wildman–Crippen MR) is 111 cm³/mol. The number of amidine groups is 1. The summed E-state index contributed by atoms with van der Waals surface area (Å²) in [6.45, 7) is -0.0268. The lowest BCUT2D eigenvalue weighted by Crippen LogP contribution is -2.54. The smallest absolute Gasteiger partial charge is 0.302 e. The van der Waals surface area contributed by atoms with E-state index in [1.54, 1.807) is 0 Å². The maximum atomic E-state index is 13.0. The van der Waals surface area contributed by atoms with Crippen molar-refractivity contribution in [3.63, 3.8) is 0 Å². The van der Waals surface area contributed by atoms with Gasteiger partial charge in [0, 0.05) is 26.0 Å². The van der Waals surface area contributed by atoms with Crippen LogP contribution in [-0.4, -0.2) is 72.7 Å². The number of carbonyl (C=O) groups excluding carboxylic acids is 4. The van der Waals surface area contributed by atoms with Gasteiger partial charge >= 0.3 is 5.91 Å². The minimum absolute atomic E-state index is 0.0268. The van der Waals surface area contributed by atoms with Crippen LogP contribution in [0.15, 0.2) is 53.3 Å². The highest BCUT2D eigenvalue weighted by atomic mass is 32.2. The van der Waals surface area contributed by atoms with Gasteiger partial charge in [-0.1, -0.05) is 12.1 Å². The Morgan fingerprint density at radius 2 is 1.88 bits per heavy atom. The van der Waals surface area contributed by atoms with Gasteiger partial charge in [0.05, 0.1) is 5.70 Å². The van der Waals surface area contributed by atoms with Crippen LogP contribution in [0.5, 0.6) is 0 Å². The fraction of sp³-hybridized carbons (Fsp3) is 0.250. The summed E-state index contributed by atoms with van der Waals surface area (Å²) in [6.07, 6.45) is 4.96. The molecule has 0 spiro atoms. The number of fused-ring (bicyclic) bond motifs is 1. The number of allylic oxidation sites excluding steroid dienone is 2. The van der Waals surface area contributed by atoms with Gasteiger partial charge < -0.3 is 10.2 Å². The number of halogens is 1. The lowest BCUT2D eigenvalue weighted by Gasteiger charge is -2.33. The predicted octanol–water partition coefficient (Wildman–Crippen LogP) is -0.465. The molecule has 0 aliphatic carbocycles. The number of nitrogens with zero attached hydrogens (tertiary/aromatic N) is 3. The number of likely N-dealkylation sites (N-methyl/N-ethyl adjacent to an activating group) is 1. The number of nitrogens with one attached hydrogen (secondary N) is 1. The van der Waals surface area contributed by atoms with Crippen LogP contribution in [0.3, 0.4) is 0 Å². The lowest BCUT2D eigenvalue weighted by atomic mass is 10.1. The molecule has 2 heterocycles. The van der Waals surface area contributed by atoms with Crippen LogP contribution in [0.1, 0.15) is 5.56 Å². The summed E-state index contributed by atoms with van der Waals surface area (Å²) in [5.74, 6) is -5.07. The monoisotopic (exact) mass is 462 g/mol. The van der Waals surface area contributed by atoms with Crippen LogP contribution in [-0.2, 0) is 35.6 Å². The van der Waals surface area contributed by atoms with Crippen molar-refractivity contribution >= 4 is 39.2 Å². The molecule has 0 radical (unpaired) electrons. The number of benzene rings is 1. The van der Waals surface area contributed by atoms with Crippen molar-refractivity contribution in [3.05, 3.63) is 59.7 Å². The SMILES string of the molecule is CN(C(=O)CS(C)(=O)=O)C1=CC=CN2C(=O)C(=O)C(C(=O)NCc3ccc(F)cc3)N=C12. The third kappa shape index (κ3) is 4.97. The van der Waals surface area contributed by atoms with Crippen LogP contribution in [0.4, 0.5) is 4.39 Å². The maximum Gasteiger partial charge on any atom is 0.302 e. The average molecular weight is 462 g/mol. The van der Waals surface area contributed by atoms with Gasteiger partial charge in [0.15, 0.2) is 21.7 Å². The highest BCUT2D eigenvalue weighted by Crippen LogP contribution is 2.21. The molecular formula is C20H19FN4O6S. The van der Waals surface area contributed by atoms with Gasteiger partial charge in [-0.05, 0) is 29.8 Å². The van der Waals surface area contributed by atoms with E-state index < -0.39 is 51.0 Å². The Morgan fingerprint density at radius 1 is 1.22 bits per heavy atom. The number of sulfone groups is 1. The Balaban J connectivity index is 1.84. The Kier molecular flexibility index (Phi) is 6.35. The minimum atomic E-state index is -3.62. The van der Waals surface area contributed by atoms with Gasteiger partial charge in [-0.15, -0.1) is 0 Å². The first-order chi connectivity index (χ1) is 15.0. The maximum absolute atomic E-state index is 13.0. The van der Waals surface area contributed by atoms with E-state index in [9.17, 15) is 32.0 Å². The van der Waals surface area contributed by atoms with E-state index in [0.717, 1.165) is 16.1 Å². The van der Waals surface area contributed by atoms with Crippen molar-refractivity contribution < 1.29 is 32.0 Å². The fourth-order valence-corrected chi connectivity index (χ4v) is 3.62. The Morgan fingerprint density at radius 3 is 2.50 bits per heavy atom. The quantitative estimate of drug-likeness (QED) is 0.449. The number of carbonyl (C=O) groups is 4. The molecule has 1 aromatic rings. The summed E-state index contributed by atoms with van der Waals surface area (Å²) in [5, 5.41) is 2.48. The zero-order valence-corrected chi connectivity index (χ0v) is 17.9. The number of amides is 3. The van der Waals surface area contributed by atoms with Gasteiger partial charge in [0.1, 0.15) is 11.6 Å². The first-order valence-corrected chi connectivity index (χ1v) is 11.3. The first-order valence-electron chi connectivity index (χ1n) is 9.28. The van der Waals surface area contributed by atoms with Crippen molar-refractivity contribution in [3.8, 4) is 0 Å². The molecule has 1 unspecified atom stereocenters. The van der Waals surface area contributed by atoms with Crippen LogP contribution in [0, 0.1) is 5.82 Å². The molecule has 0 bridgehead atoms. The molecule has 2 aliphatic rings. The van der Waals surface area contributed by atoms with Gasteiger partial charge in [-0.25, -0.2) is 17.8 Å². The number of ketones is 1. The zero-order chi connectivity index (χ0) is 23.6. The average Bonchev–Trinajstić information content (AvgIpc) is 2.73. The number of aliphatic imine (C=N–C) groups is 1. The van der Waals surface area contributed by atoms with E-state index in [1.807, 2.05) is 0 Å². The van der Waals surface area contributed by atoms with E-state index in [1.165, 1.54) is 49.7 Å². The highest BCUT2D eigenvalue weighted by molar-refractivity contribution is 7.91. The van der Waals surface area contributed by atoms with Crippen LogP contribution in [0.25, 0.3) is 0 Å². The van der Waals surface area contributed by atoms with Crippen molar-refractivity contribution in [2.75, 3.05) is 19.1 Å². The van der Waals surface area contributed by atoms with E-state index in [4.69, 9.17) is 0 Å². The van der Waals surface area contributed by atoms with Crippen LogP contribution in [0.2, 0.25) is 0 Å². The molecule has 0 aromatic heterocycles. The highest BCUT2D eigenvalue weighted by Gasteiger charge is 2.42. The van der Waals surface area contributed by atoms with Gasteiger partial charge in [-0.3, -0.25) is 24.1 Å². The Labute approximate surface area is 183 Å². The molecule has 0 fully saturated rings. The molecule has 1 N–H and O–H groups in total. The molecule has 3 rings (SSSR count). The van der Waals surface area contributed by atoms with Crippen molar-refractivity contribution in [2.45, 2.75) is 12.6 Å². The van der Waals surface area contributed by atoms with E-state index in [2.05, 4.69) is 10.3 Å². The normalized spacial score (nSPS) is 18.0. The molecule has 10 nitrogen and oxygen atoms in total. The second kappa shape index (κ2) is 8.83. The third-order valence-electron chi connectivity index (χ3n) is 4.63. The topological polar surface area (TPSA) is 133 Å². The standard InChI is InChI=1S/C20H19FN4O6S/c1-24(15(26)11-32(2,30)31)14-4-3-9-25-18(14)23-16(17(27)20(25)29)19(28)22-10-12-5-7-13(21)8-6-12/h3-9,16H,10-11H2,1-2H3,(H,22,28). The Bertz CT molecular complexity index is 1190. The molecule has 1 atom stereocenters. The van der Waals surface area contributed by atoms with Crippen LogP contribution < -0.4 is 5.32 Å². The summed E-state index contributed by atoms with van der Waals surface area (Å²) < 4.78 is 35.9. The Hall–Kier alpha value is -3.67. The molecule has 168 valence electrons. The fourth-order valence-electron chi connectivity index (χ4n) is 2.98. The van der Waals surface area contributed by atoms with E-state index >= 15 is 0 Å². The van der Waals surface area contributed by atoms with Gasteiger partial charge in [-0.2, -0.15) is 0 Å². The molecule has 2 aliphatic heterocycles. The van der Waals surface area contributed by atoms with Gasteiger partial charge in [0.25, 0.3) is 11.7 Å². The second-order valence-electron chi connectivity index (χ2n) is 7.16. The largest absolute Gasteiger partial charge is 0.350 e. The molecule has 0 saturated heterocycles. The summed E-state index contributed by atoms with van der Waals surface area (Å²) in [6, 6.07) is 3.63. The molecule has 32 heavy (non-hydrogen) atoms. The number of hydrogen-bond acceptors (Lipinski definition) is 7.